The number of methoxy groups -OCH3 is 1. The molecular weight excluding hydrogens is 348 g/mol. The molecule has 0 aliphatic carbocycles. The van der Waals surface area contributed by atoms with E-state index in [1.807, 2.05) is 58.5 Å². The highest BCUT2D eigenvalue weighted by Crippen LogP contribution is 2.27. The number of hydrogen-bond acceptors (Lipinski definition) is 4. The van der Waals surface area contributed by atoms with Crippen molar-refractivity contribution in [1.82, 2.24) is 9.88 Å². The quantitative estimate of drug-likeness (QED) is 0.554. The minimum Gasteiger partial charge on any atom is -0.497 e. The SMILES string of the molecule is COc1cccc(Cn2c(C(=O)NCc3ccco3)cc3ccsc32)c1. The van der Waals surface area contributed by atoms with Crippen LogP contribution in [-0.4, -0.2) is 17.6 Å². The van der Waals surface area contributed by atoms with E-state index in [0.29, 0.717) is 18.8 Å². The zero-order chi connectivity index (χ0) is 17.9. The molecule has 1 amide bonds. The first-order chi connectivity index (χ1) is 12.7. The third-order valence-electron chi connectivity index (χ3n) is 4.21. The summed E-state index contributed by atoms with van der Waals surface area (Å²) in [6.45, 7) is 0.967. The molecule has 4 aromatic rings. The fraction of sp³-hybridized carbons (Fsp3) is 0.150. The molecular formula is C20H18N2O3S. The van der Waals surface area contributed by atoms with Crippen molar-refractivity contribution in [2.75, 3.05) is 7.11 Å². The zero-order valence-electron chi connectivity index (χ0n) is 14.3. The molecule has 0 atom stereocenters. The van der Waals surface area contributed by atoms with Crippen molar-refractivity contribution in [2.45, 2.75) is 13.1 Å². The van der Waals surface area contributed by atoms with Gasteiger partial charge in [-0.3, -0.25) is 4.79 Å². The molecule has 0 aliphatic heterocycles. The van der Waals surface area contributed by atoms with E-state index in [1.54, 1.807) is 24.7 Å². The second kappa shape index (κ2) is 7.09. The van der Waals surface area contributed by atoms with Gasteiger partial charge in [0.25, 0.3) is 5.91 Å². The van der Waals surface area contributed by atoms with Crippen LogP contribution in [-0.2, 0) is 13.1 Å². The summed E-state index contributed by atoms with van der Waals surface area (Å²) in [5.74, 6) is 1.42. The normalized spacial score (nSPS) is 11.0. The summed E-state index contributed by atoms with van der Waals surface area (Å²) < 4.78 is 12.6. The number of carbonyl (C=O) groups excluding carboxylic acids is 1. The molecule has 5 nitrogen and oxygen atoms in total. The number of ether oxygens (including phenoxy) is 1. The lowest BCUT2D eigenvalue weighted by atomic mass is 10.2. The van der Waals surface area contributed by atoms with Crippen LogP contribution in [0.15, 0.2) is 64.6 Å². The molecule has 1 N–H and O–H groups in total. The Balaban J connectivity index is 1.63. The molecule has 0 saturated carbocycles. The Morgan fingerprint density at radius 1 is 1.23 bits per heavy atom. The average molecular weight is 366 g/mol. The first-order valence-electron chi connectivity index (χ1n) is 8.25. The molecule has 0 saturated heterocycles. The van der Waals surface area contributed by atoms with Crippen LogP contribution in [0, 0.1) is 0 Å². The first kappa shape index (κ1) is 16.5. The fourth-order valence-electron chi connectivity index (χ4n) is 2.94. The predicted octanol–water partition coefficient (Wildman–Crippen LogP) is 4.28. The van der Waals surface area contributed by atoms with Gasteiger partial charge in [-0.15, -0.1) is 11.3 Å². The number of carbonyl (C=O) groups is 1. The van der Waals surface area contributed by atoms with Crippen LogP contribution in [0.3, 0.4) is 0 Å². The van der Waals surface area contributed by atoms with Crippen LogP contribution < -0.4 is 10.1 Å². The summed E-state index contributed by atoms with van der Waals surface area (Å²) in [6.07, 6.45) is 1.60. The summed E-state index contributed by atoms with van der Waals surface area (Å²) >= 11 is 1.63. The molecule has 0 bridgehead atoms. The molecule has 3 aromatic heterocycles. The summed E-state index contributed by atoms with van der Waals surface area (Å²) in [5.41, 5.74) is 1.72. The number of thiophene rings is 1. The number of rotatable bonds is 6. The Morgan fingerprint density at radius 2 is 2.15 bits per heavy atom. The van der Waals surface area contributed by atoms with Crippen LogP contribution in [0.1, 0.15) is 21.8 Å². The van der Waals surface area contributed by atoms with Crippen LogP contribution in [0.25, 0.3) is 10.2 Å². The fourth-order valence-corrected chi connectivity index (χ4v) is 3.84. The lowest BCUT2D eigenvalue weighted by molar-refractivity contribution is 0.0939. The van der Waals surface area contributed by atoms with E-state index in [2.05, 4.69) is 5.32 Å². The average Bonchev–Trinajstić information content (AvgIpc) is 3.39. The van der Waals surface area contributed by atoms with Crippen molar-refractivity contribution in [2.24, 2.45) is 0 Å². The number of fused-ring (bicyclic) bond motifs is 1. The summed E-state index contributed by atoms with van der Waals surface area (Å²) in [7, 11) is 1.65. The minimum atomic E-state index is -0.118. The van der Waals surface area contributed by atoms with Crippen molar-refractivity contribution in [3.63, 3.8) is 0 Å². The van der Waals surface area contributed by atoms with E-state index in [-0.39, 0.29) is 5.91 Å². The molecule has 0 fully saturated rings. The maximum atomic E-state index is 12.7. The van der Waals surface area contributed by atoms with Gasteiger partial charge in [-0.2, -0.15) is 0 Å². The van der Waals surface area contributed by atoms with Crippen molar-refractivity contribution in [1.29, 1.82) is 0 Å². The zero-order valence-corrected chi connectivity index (χ0v) is 15.1. The highest BCUT2D eigenvalue weighted by Gasteiger charge is 2.17. The molecule has 0 spiro atoms. The van der Waals surface area contributed by atoms with Crippen molar-refractivity contribution < 1.29 is 13.9 Å². The number of furan rings is 1. The lowest BCUT2D eigenvalue weighted by Gasteiger charge is -2.11. The Morgan fingerprint density at radius 3 is 2.96 bits per heavy atom. The van der Waals surface area contributed by atoms with E-state index in [9.17, 15) is 4.79 Å². The number of aromatic nitrogens is 1. The maximum Gasteiger partial charge on any atom is 0.268 e. The third-order valence-corrected chi connectivity index (χ3v) is 5.16. The molecule has 0 aliphatic rings. The Labute approximate surface area is 154 Å². The summed E-state index contributed by atoms with van der Waals surface area (Å²) in [6, 6.07) is 15.5. The van der Waals surface area contributed by atoms with Gasteiger partial charge in [-0.25, -0.2) is 0 Å². The topological polar surface area (TPSA) is 56.4 Å². The number of amides is 1. The molecule has 1 aromatic carbocycles. The molecule has 0 unspecified atom stereocenters. The molecule has 3 heterocycles. The number of nitrogens with one attached hydrogen (secondary N) is 1. The van der Waals surface area contributed by atoms with Gasteiger partial charge in [0, 0.05) is 11.9 Å². The highest BCUT2D eigenvalue weighted by molar-refractivity contribution is 7.16. The molecule has 4 rings (SSSR count). The van der Waals surface area contributed by atoms with Gasteiger partial charge in [0.15, 0.2) is 0 Å². The lowest BCUT2D eigenvalue weighted by Crippen LogP contribution is -2.25. The van der Waals surface area contributed by atoms with Crippen molar-refractivity contribution in [3.05, 3.63) is 77.2 Å². The van der Waals surface area contributed by atoms with Crippen molar-refractivity contribution in [3.8, 4) is 5.75 Å². The van der Waals surface area contributed by atoms with Crippen LogP contribution in [0.2, 0.25) is 0 Å². The van der Waals surface area contributed by atoms with Gasteiger partial charge in [0.05, 0.1) is 19.9 Å². The highest BCUT2D eigenvalue weighted by atomic mass is 32.1. The van der Waals surface area contributed by atoms with E-state index >= 15 is 0 Å². The minimum absolute atomic E-state index is 0.118. The number of nitrogens with zero attached hydrogens (tertiary/aromatic N) is 1. The van der Waals surface area contributed by atoms with Gasteiger partial charge >= 0.3 is 0 Å². The number of benzene rings is 1. The standard InChI is InChI=1S/C20H18N2O3S/c1-24-16-5-2-4-14(10-16)13-22-18(11-15-7-9-26-20(15)22)19(23)21-12-17-6-3-8-25-17/h2-11H,12-13H2,1H3,(H,21,23). The summed E-state index contributed by atoms with van der Waals surface area (Å²) in [4.78, 5) is 13.8. The largest absolute Gasteiger partial charge is 0.497 e. The molecule has 132 valence electrons. The summed E-state index contributed by atoms with van der Waals surface area (Å²) in [5, 5.41) is 6.04. The second-order valence-corrected chi connectivity index (χ2v) is 6.80. The van der Waals surface area contributed by atoms with Crippen LogP contribution in [0.4, 0.5) is 0 Å². The molecule has 26 heavy (non-hydrogen) atoms. The molecule has 6 heteroatoms. The monoisotopic (exact) mass is 366 g/mol. The van der Waals surface area contributed by atoms with E-state index < -0.39 is 0 Å². The second-order valence-electron chi connectivity index (χ2n) is 5.91. The Bertz CT molecular complexity index is 1030. The van der Waals surface area contributed by atoms with E-state index in [1.165, 1.54) is 0 Å². The van der Waals surface area contributed by atoms with Gasteiger partial charge in [-0.05, 0) is 47.3 Å². The Kier molecular flexibility index (Phi) is 4.50. The van der Waals surface area contributed by atoms with E-state index in [0.717, 1.165) is 27.3 Å². The predicted molar refractivity (Wildman–Crippen MR) is 102 cm³/mol. The first-order valence-corrected chi connectivity index (χ1v) is 9.13. The van der Waals surface area contributed by atoms with E-state index in [4.69, 9.17) is 9.15 Å². The Hall–Kier alpha value is -2.99. The maximum absolute atomic E-state index is 12.7. The van der Waals surface area contributed by atoms with Gasteiger partial charge in [0.2, 0.25) is 0 Å². The van der Waals surface area contributed by atoms with Gasteiger partial charge in [-0.1, -0.05) is 12.1 Å². The van der Waals surface area contributed by atoms with Crippen LogP contribution in [0.5, 0.6) is 5.75 Å². The third kappa shape index (κ3) is 3.23. The van der Waals surface area contributed by atoms with Crippen molar-refractivity contribution >= 4 is 27.5 Å². The number of hydrogen-bond donors (Lipinski definition) is 1. The smallest absolute Gasteiger partial charge is 0.268 e. The van der Waals surface area contributed by atoms with Crippen LogP contribution >= 0.6 is 11.3 Å². The van der Waals surface area contributed by atoms with Gasteiger partial charge in [0.1, 0.15) is 22.0 Å². The van der Waals surface area contributed by atoms with Gasteiger partial charge < -0.3 is 19.0 Å². The molecule has 0 radical (unpaired) electrons.